The normalized spacial score (nSPS) is 17.9. The molecule has 156 valence electrons. The Morgan fingerprint density at radius 2 is 1.57 bits per heavy atom. The summed E-state index contributed by atoms with van der Waals surface area (Å²) in [6, 6.07) is 11.8. The second-order valence-corrected chi connectivity index (χ2v) is 8.13. The van der Waals surface area contributed by atoms with Crippen LogP contribution in [0.25, 0.3) is 5.57 Å². The van der Waals surface area contributed by atoms with Gasteiger partial charge in [-0.15, -0.1) is 0 Å². The zero-order valence-corrected chi connectivity index (χ0v) is 18.2. The number of carbonyl (C=O) groups is 2. The summed E-state index contributed by atoms with van der Waals surface area (Å²) in [7, 11) is 3.60. The van der Waals surface area contributed by atoms with Gasteiger partial charge in [0, 0.05) is 36.8 Å². The van der Waals surface area contributed by atoms with Crippen molar-refractivity contribution in [1.82, 2.24) is 9.80 Å². The lowest BCUT2D eigenvalue weighted by Gasteiger charge is -2.34. The van der Waals surface area contributed by atoms with Crippen molar-refractivity contribution < 1.29 is 14.3 Å². The number of likely N-dealkylation sites (N-methyl/N-ethyl adjacent to an activating group) is 1. The lowest BCUT2D eigenvalue weighted by atomic mass is 10.0. The largest absolute Gasteiger partial charge is 0.497 e. The number of nitrogens with zero attached hydrogens (tertiary/aromatic N) is 3. The monoisotopic (exact) mass is 445 g/mol. The predicted octanol–water partition coefficient (Wildman–Crippen LogP) is 3.53. The molecule has 30 heavy (non-hydrogen) atoms. The van der Waals surface area contributed by atoms with Gasteiger partial charge in [-0.25, -0.2) is 4.90 Å². The number of rotatable bonds is 4. The number of piperazine rings is 1. The molecule has 0 spiro atoms. The van der Waals surface area contributed by atoms with Crippen LogP contribution in [0.3, 0.4) is 0 Å². The highest BCUT2D eigenvalue weighted by molar-refractivity contribution is 6.47. The highest BCUT2D eigenvalue weighted by Gasteiger charge is 2.43. The smallest absolute Gasteiger partial charge is 0.282 e. The van der Waals surface area contributed by atoms with E-state index in [4.69, 9.17) is 27.9 Å². The van der Waals surface area contributed by atoms with Gasteiger partial charge in [-0.05, 0) is 43.4 Å². The van der Waals surface area contributed by atoms with Crippen LogP contribution in [-0.4, -0.2) is 62.0 Å². The van der Waals surface area contributed by atoms with Crippen LogP contribution in [-0.2, 0) is 9.59 Å². The molecule has 0 unspecified atom stereocenters. The van der Waals surface area contributed by atoms with Gasteiger partial charge in [0.1, 0.15) is 11.4 Å². The number of carbonyl (C=O) groups excluding carboxylic acids is 2. The van der Waals surface area contributed by atoms with E-state index in [-0.39, 0.29) is 5.91 Å². The van der Waals surface area contributed by atoms with Crippen LogP contribution >= 0.6 is 23.2 Å². The van der Waals surface area contributed by atoms with Crippen molar-refractivity contribution >= 4 is 46.3 Å². The fourth-order valence-corrected chi connectivity index (χ4v) is 4.25. The van der Waals surface area contributed by atoms with E-state index in [1.807, 2.05) is 11.9 Å². The summed E-state index contributed by atoms with van der Waals surface area (Å²) in [6.45, 7) is 2.90. The number of ether oxygens (including phenoxy) is 1. The third kappa shape index (κ3) is 3.67. The fourth-order valence-electron chi connectivity index (χ4n) is 3.74. The van der Waals surface area contributed by atoms with Gasteiger partial charge < -0.3 is 14.5 Å². The summed E-state index contributed by atoms with van der Waals surface area (Å²) >= 11 is 12.5. The minimum atomic E-state index is -0.400. The number of anilines is 1. The molecule has 2 heterocycles. The zero-order chi connectivity index (χ0) is 21.4. The van der Waals surface area contributed by atoms with E-state index in [9.17, 15) is 9.59 Å². The van der Waals surface area contributed by atoms with Gasteiger partial charge in [0.15, 0.2) is 0 Å². The van der Waals surface area contributed by atoms with Crippen molar-refractivity contribution in [3.05, 3.63) is 63.8 Å². The van der Waals surface area contributed by atoms with Gasteiger partial charge in [0.05, 0.1) is 23.4 Å². The van der Waals surface area contributed by atoms with Gasteiger partial charge in [-0.3, -0.25) is 9.59 Å². The Morgan fingerprint density at radius 1 is 0.900 bits per heavy atom. The van der Waals surface area contributed by atoms with Crippen molar-refractivity contribution in [1.29, 1.82) is 0 Å². The molecular weight excluding hydrogens is 425 g/mol. The maximum absolute atomic E-state index is 13.5. The van der Waals surface area contributed by atoms with Crippen LogP contribution in [0.5, 0.6) is 5.75 Å². The highest BCUT2D eigenvalue weighted by Crippen LogP contribution is 2.38. The molecule has 0 bridgehead atoms. The lowest BCUT2D eigenvalue weighted by Crippen LogP contribution is -2.46. The maximum Gasteiger partial charge on any atom is 0.282 e. The van der Waals surface area contributed by atoms with E-state index >= 15 is 0 Å². The minimum Gasteiger partial charge on any atom is -0.497 e. The third-order valence-electron chi connectivity index (χ3n) is 5.41. The lowest BCUT2D eigenvalue weighted by molar-refractivity contribution is -0.120. The number of amides is 2. The quantitative estimate of drug-likeness (QED) is 0.673. The Morgan fingerprint density at radius 3 is 2.17 bits per heavy atom. The van der Waals surface area contributed by atoms with E-state index in [0.717, 1.165) is 13.1 Å². The molecule has 0 atom stereocenters. The maximum atomic E-state index is 13.5. The summed E-state index contributed by atoms with van der Waals surface area (Å²) in [4.78, 5) is 32.4. The first-order valence-corrected chi connectivity index (χ1v) is 10.3. The third-order valence-corrected chi connectivity index (χ3v) is 5.96. The molecule has 2 aliphatic heterocycles. The number of halogens is 2. The van der Waals surface area contributed by atoms with E-state index in [0.29, 0.717) is 51.4 Å². The second-order valence-electron chi connectivity index (χ2n) is 7.28. The molecular formula is C22H21Cl2N3O3. The average Bonchev–Trinajstić information content (AvgIpc) is 2.99. The molecule has 2 aromatic rings. The van der Waals surface area contributed by atoms with Crippen molar-refractivity contribution in [2.75, 3.05) is 45.2 Å². The standard InChI is InChI=1S/C22H21Cl2N3O3/c1-25-9-11-26(12-10-25)20-19(17-8-3-14(23)13-18(17)24)21(28)27(22(20)29)15-4-6-16(30-2)7-5-15/h3-8,13H,9-12H2,1-2H3. The van der Waals surface area contributed by atoms with Gasteiger partial charge in [0.2, 0.25) is 0 Å². The van der Waals surface area contributed by atoms with Gasteiger partial charge in [-0.1, -0.05) is 29.3 Å². The first-order chi connectivity index (χ1) is 14.4. The first kappa shape index (κ1) is 20.7. The Bertz CT molecular complexity index is 1030. The Kier molecular flexibility index (Phi) is 5.73. The number of benzene rings is 2. The Labute approximate surface area is 185 Å². The molecule has 0 aliphatic carbocycles. The molecule has 2 aromatic carbocycles. The second kappa shape index (κ2) is 8.30. The summed E-state index contributed by atoms with van der Waals surface area (Å²) in [5.74, 6) is -0.106. The molecule has 0 aromatic heterocycles. The van der Waals surface area contributed by atoms with Crippen LogP contribution in [0, 0.1) is 0 Å². The molecule has 1 fully saturated rings. The summed E-state index contributed by atoms with van der Waals surface area (Å²) in [5, 5.41) is 0.802. The van der Waals surface area contributed by atoms with Crippen molar-refractivity contribution in [3.8, 4) is 5.75 Å². The number of hydrogen-bond acceptors (Lipinski definition) is 5. The van der Waals surface area contributed by atoms with Gasteiger partial charge >= 0.3 is 0 Å². The van der Waals surface area contributed by atoms with Gasteiger partial charge in [-0.2, -0.15) is 0 Å². The molecule has 0 radical (unpaired) electrons. The molecule has 0 N–H and O–H groups in total. The number of hydrogen-bond donors (Lipinski definition) is 0. The molecule has 8 heteroatoms. The van der Waals surface area contributed by atoms with E-state index in [2.05, 4.69) is 4.90 Å². The average molecular weight is 446 g/mol. The van der Waals surface area contributed by atoms with Crippen LogP contribution in [0.15, 0.2) is 48.2 Å². The minimum absolute atomic E-state index is 0.307. The molecule has 6 nitrogen and oxygen atoms in total. The van der Waals surface area contributed by atoms with Crippen LogP contribution in [0.1, 0.15) is 5.56 Å². The predicted molar refractivity (Wildman–Crippen MR) is 118 cm³/mol. The molecule has 2 aliphatic rings. The SMILES string of the molecule is COc1ccc(N2C(=O)C(c3ccc(Cl)cc3Cl)=C(N3CCN(C)CC3)C2=O)cc1. The topological polar surface area (TPSA) is 53.1 Å². The molecule has 0 saturated carbocycles. The van der Waals surface area contributed by atoms with E-state index in [1.54, 1.807) is 49.6 Å². The van der Waals surface area contributed by atoms with Crippen molar-refractivity contribution in [2.45, 2.75) is 0 Å². The van der Waals surface area contributed by atoms with Crippen LogP contribution in [0.4, 0.5) is 5.69 Å². The highest BCUT2D eigenvalue weighted by atomic mass is 35.5. The summed E-state index contributed by atoms with van der Waals surface area (Å²) in [6.07, 6.45) is 0. The van der Waals surface area contributed by atoms with E-state index in [1.165, 1.54) is 4.90 Å². The van der Waals surface area contributed by atoms with Crippen LogP contribution in [0.2, 0.25) is 10.0 Å². The van der Waals surface area contributed by atoms with Gasteiger partial charge in [0.25, 0.3) is 11.8 Å². The molecule has 1 saturated heterocycles. The van der Waals surface area contributed by atoms with Crippen LogP contribution < -0.4 is 9.64 Å². The Balaban J connectivity index is 1.81. The molecule has 2 amide bonds. The zero-order valence-electron chi connectivity index (χ0n) is 16.7. The Hall–Kier alpha value is -2.54. The fraction of sp³-hybridized carbons (Fsp3) is 0.273. The summed E-state index contributed by atoms with van der Waals surface area (Å²) in [5.41, 5.74) is 1.68. The summed E-state index contributed by atoms with van der Waals surface area (Å²) < 4.78 is 5.19. The number of imide groups is 1. The number of methoxy groups -OCH3 is 1. The molecule has 4 rings (SSSR count). The van der Waals surface area contributed by atoms with E-state index < -0.39 is 5.91 Å². The van der Waals surface area contributed by atoms with Crippen molar-refractivity contribution in [3.63, 3.8) is 0 Å². The van der Waals surface area contributed by atoms with Crippen molar-refractivity contribution in [2.24, 2.45) is 0 Å². The first-order valence-electron chi connectivity index (χ1n) is 9.56.